The van der Waals surface area contributed by atoms with Gasteiger partial charge in [0.05, 0.1) is 6.61 Å². The monoisotopic (exact) mass is 368 g/mol. The molecule has 5 N–H and O–H groups in total. The van der Waals surface area contributed by atoms with Crippen molar-refractivity contribution in [3.63, 3.8) is 0 Å². The average Bonchev–Trinajstić information content (AvgIpc) is 2.59. The SMILES string of the molecule is Cc1cc2cc(OC3OC(CO)C(O)C(O)C3O)c(C)c(O)c2c(=O)o1. The van der Waals surface area contributed by atoms with Gasteiger partial charge in [-0.1, -0.05) is 0 Å². The van der Waals surface area contributed by atoms with E-state index in [1.165, 1.54) is 19.1 Å². The Morgan fingerprint density at radius 1 is 1.12 bits per heavy atom. The van der Waals surface area contributed by atoms with Gasteiger partial charge < -0.3 is 39.4 Å². The second-order valence-corrected chi connectivity index (χ2v) is 6.27. The molecule has 3 rings (SSSR count). The molecule has 1 fully saturated rings. The lowest BCUT2D eigenvalue weighted by Gasteiger charge is -2.39. The van der Waals surface area contributed by atoms with Crippen LogP contribution in [-0.2, 0) is 4.74 Å². The number of phenolic OH excluding ortho intramolecular Hbond substituents is 1. The number of fused-ring (bicyclic) bond motifs is 1. The average molecular weight is 368 g/mol. The van der Waals surface area contributed by atoms with Crippen molar-refractivity contribution < 1.29 is 39.4 Å². The van der Waals surface area contributed by atoms with Crippen LogP contribution in [0, 0.1) is 13.8 Å². The first-order valence-corrected chi connectivity index (χ1v) is 7.98. The number of aromatic hydroxyl groups is 1. The molecule has 0 spiro atoms. The van der Waals surface area contributed by atoms with E-state index in [4.69, 9.17) is 13.9 Å². The Morgan fingerprint density at radius 2 is 1.81 bits per heavy atom. The third kappa shape index (κ3) is 3.04. The van der Waals surface area contributed by atoms with Crippen LogP contribution in [0.5, 0.6) is 11.5 Å². The minimum absolute atomic E-state index is 0.00532. The van der Waals surface area contributed by atoms with Crippen molar-refractivity contribution in [2.45, 2.75) is 44.6 Å². The number of aryl methyl sites for hydroxylation is 1. The standard InChI is InChI=1S/C17H20O9/c1-6-3-8-4-9(7(2)12(19)11(8)16(23)24-6)25-17-15(22)14(21)13(20)10(5-18)26-17/h3-4,10,13-15,17-22H,5H2,1-2H3. The third-order valence-corrected chi connectivity index (χ3v) is 4.45. The lowest BCUT2D eigenvalue weighted by atomic mass is 9.99. The number of aliphatic hydroxyl groups is 4. The predicted octanol–water partition coefficient (Wildman–Crippen LogP) is -0.706. The number of ether oxygens (including phenoxy) is 2. The molecule has 2 heterocycles. The number of hydrogen-bond donors (Lipinski definition) is 5. The zero-order chi connectivity index (χ0) is 19.2. The van der Waals surface area contributed by atoms with Gasteiger partial charge in [0.1, 0.15) is 47.1 Å². The first-order valence-electron chi connectivity index (χ1n) is 7.98. The summed E-state index contributed by atoms with van der Waals surface area (Å²) in [6, 6.07) is 3.01. The number of hydrogen-bond acceptors (Lipinski definition) is 9. The largest absolute Gasteiger partial charge is 0.507 e. The molecule has 0 amide bonds. The highest BCUT2D eigenvalue weighted by Crippen LogP contribution is 2.36. The maximum atomic E-state index is 12.0. The molecule has 5 unspecified atom stereocenters. The molecule has 0 radical (unpaired) electrons. The third-order valence-electron chi connectivity index (χ3n) is 4.45. The highest BCUT2D eigenvalue weighted by molar-refractivity contribution is 5.90. The van der Waals surface area contributed by atoms with E-state index in [0.29, 0.717) is 11.1 Å². The summed E-state index contributed by atoms with van der Waals surface area (Å²) >= 11 is 0. The molecule has 2 aromatic rings. The summed E-state index contributed by atoms with van der Waals surface area (Å²) in [4.78, 5) is 12.0. The van der Waals surface area contributed by atoms with Gasteiger partial charge in [-0.3, -0.25) is 0 Å². The lowest BCUT2D eigenvalue weighted by molar-refractivity contribution is -0.277. The van der Waals surface area contributed by atoms with E-state index >= 15 is 0 Å². The molecule has 1 aromatic carbocycles. The highest BCUT2D eigenvalue weighted by Gasteiger charge is 2.44. The van der Waals surface area contributed by atoms with Crippen LogP contribution in [0.2, 0.25) is 0 Å². The van der Waals surface area contributed by atoms with Crippen molar-refractivity contribution in [3.8, 4) is 11.5 Å². The van der Waals surface area contributed by atoms with E-state index in [9.17, 15) is 30.3 Å². The Labute approximate surface area is 147 Å². The van der Waals surface area contributed by atoms with Crippen molar-refractivity contribution in [3.05, 3.63) is 33.9 Å². The van der Waals surface area contributed by atoms with Gasteiger partial charge in [-0.15, -0.1) is 0 Å². The predicted molar refractivity (Wildman–Crippen MR) is 88.0 cm³/mol. The zero-order valence-electron chi connectivity index (χ0n) is 14.1. The van der Waals surface area contributed by atoms with Crippen molar-refractivity contribution in [1.29, 1.82) is 0 Å². The van der Waals surface area contributed by atoms with Crippen LogP contribution >= 0.6 is 0 Å². The molecule has 0 aliphatic carbocycles. The van der Waals surface area contributed by atoms with Gasteiger partial charge in [-0.05, 0) is 31.4 Å². The van der Waals surface area contributed by atoms with Crippen LogP contribution < -0.4 is 10.4 Å². The molecule has 9 nitrogen and oxygen atoms in total. The second-order valence-electron chi connectivity index (χ2n) is 6.27. The Hall–Kier alpha value is -2.17. The van der Waals surface area contributed by atoms with E-state index in [0.717, 1.165) is 0 Å². The Kier molecular flexibility index (Phi) is 4.91. The fourth-order valence-electron chi connectivity index (χ4n) is 2.95. The molecule has 1 aliphatic rings. The first-order chi connectivity index (χ1) is 12.2. The summed E-state index contributed by atoms with van der Waals surface area (Å²) in [5.74, 6) is 0.102. The molecule has 0 saturated carbocycles. The molecule has 142 valence electrons. The van der Waals surface area contributed by atoms with Crippen molar-refractivity contribution in [2.24, 2.45) is 0 Å². The number of rotatable bonds is 3. The normalized spacial score (nSPS) is 29.1. The number of aliphatic hydroxyl groups excluding tert-OH is 4. The van der Waals surface area contributed by atoms with E-state index in [2.05, 4.69) is 0 Å². The minimum atomic E-state index is -1.59. The lowest BCUT2D eigenvalue weighted by Crippen LogP contribution is -2.60. The molecular weight excluding hydrogens is 348 g/mol. The van der Waals surface area contributed by atoms with Crippen LogP contribution in [0.1, 0.15) is 11.3 Å². The van der Waals surface area contributed by atoms with Gasteiger partial charge in [0.15, 0.2) is 0 Å². The molecule has 26 heavy (non-hydrogen) atoms. The molecule has 1 saturated heterocycles. The van der Waals surface area contributed by atoms with Crippen LogP contribution in [0.4, 0.5) is 0 Å². The highest BCUT2D eigenvalue weighted by atomic mass is 16.7. The van der Waals surface area contributed by atoms with Gasteiger partial charge in [0, 0.05) is 5.56 Å². The minimum Gasteiger partial charge on any atom is -0.507 e. The second kappa shape index (κ2) is 6.86. The van der Waals surface area contributed by atoms with Crippen LogP contribution in [0.15, 0.2) is 21.3 Å². The van der Waals surface area contributed by atoms with Crippen LogP contribution in [0.25, 0.3) is 10.8 Å². The van der Waals surface area contributed by atoms with Crippen LogP contribution in [0.3, 0.4) is 0 Å². The number of phenols is 1. The molecule has 5 atom stereocenters. The van der Waals surface area contributed by atoms with E-state index in [-0.39, 0.29) is 22.4 Å². The van der Waals surface area contributed by atoms with Gasteiger partial charge in [-0.25, -0.2) is 4.79 Å². The Balaban J connectivity index is 2.01. The van der Waals surface area contributed by atoms with Gasteiger partial charge in [-0.2, -0.15) is 0 Å². The number of benzene rings is 1. The Morgan fingerprint density at radius 3 is 2.46 bits per heavy atom. The molecule has 9 heteroatoms. The van der Waals surface area contributed by atoms with E-state index < -0.39 is 42.9 Å². The fraction of sp³-hybridized carbons (Fsp3) is 0.471. The van der Waals surface area contributed by atoms with Gasteiger partial charge in [0.2, 0.25) is 6.29 Å². The summed E-state index contributed by atoms with van der Waals surface area (Å²) in [6.45, 7) is 2.48. The summed E-state index contributed by atoms with van der Waals surface area (Å²) in [7, 11) is 0. The molecule has 1 aliphatic heterocycles. The maximum Gasteiger partial charge on any atom is 0.347 e. The van der Waals surface area contributed by atoms with Crippen molar-refractivity contribution >= 4 is 10.8 Å². The fourth-order valence-corrected chi connectivity index (χ4v) is 2.95. The summed E-state index contributed by atoms with van der Waals surface area (Å²) in [5.41, 5.74) is -0.495. The molecule has 0 bridgehead atoms. The molecular formula is C17H20O9. The smallest absolute Gasteiger partial charge is 0.347 e. The van der Waals surface area contributed by atoms with Crippen molar-refractivity contribution in [1.82, 2.24) is 0 Å². The quantitative estimate of drug-likeness (QED) is 0.473. The topological polar surface area (TPSA) is 150 Å². The van der Waals surface area contributed by atoms with Gasteiger partial charge >= 0.3 is 5.63 Å². The van der Waals surface area contributed by atoms with Crippen molar-refractivity contribution in [2.75, 3.05) is 6.61 Å². The summed E-state index contributed by atoms with van der Waals surface area (Å²) in [5, 5.41) is 49.6. The van der Waals surface area contributed by atoms with Gasteiger partial charge in [0.25, 0.3) is 0 Å². The van der Waals surface area contributed by atoms with E-state index in [1.54, 1.807) is 6.92 Å². The maximum absolute atomic E-state index is 12.0. The van der Waals surface area contributed by atoms with E-state index in [1.807, 2.05) is 0 Å². The zero-order valence-corrected chi connectivity index (χ0v) is 14.1. The molecule has 1 aromatic heterocycles. The first kappa shape index (κ1) is 18.6. The summed E-state index contributed by atoms with van der Waals surface area (Å²) < 4.78 is 15.8. The Bertz CT molecular complexity index is 873. The van der Waals surface area contributed by atoms with Crippen LogP contribution in [-0.4, -0.2) is 62.8 Å². The summed E-state index contributed by atoms with van der Waals surface area (Å²) in [6.07, 6.45) is -7.21.